The van der Waals surface area contributed by atoms with Gasteiger partial charge < -0.3 is 0 Å². The van der Waals surface area contributed by atoms with Gasteiger partial charge >= 0.3 is 0 Å². The first-order valence-electron chi connectivity index (χ1n) is 9.06. The number of halogens is 2. The first-order chi connectivity index (χ1) is 13.0. The highest BCUT2D eigenvalue weighted by Crippen LogP contribution is 2.43. The van der Waals surface area contributed by atoms with E-state index in [1.165, 1.54) is 0 Å². The molecule has 0 saturated heterocycles. The van der Waals surface area contributed by atoms with E-state index < -0.39 is 0 Å². The molecule has 1 aliphatic heterocycles. The Balaban J connectivity index is 1.85. The maximum absolute atomic E-state index is 13.1. The van der Waals surface area contributed by atoms with Crippen molar-refractivity contribution >= 4 is 40.6 Å². The van der Waals surface area contributed by atoms with Crippen molar-refractivity contribution in [1.29, 1.82) is 0 Å². The average molecular weight is 400 g/mol. The van der Waals surface area contributed by atoms with Gasteiger partial charge in [0, 0.05) is 40.1 Å². The second-order valence-corrected chi connectivity index (χ2v) is 7.95. The maximum atomic E-state index is 13.1. The van der Waals surface area contributed by atoms with Crippen molar-refractivity contribution < 1.29 is 9.59 Å². The molecule has 4 rings (SSSR count). The first-order valence-corrected chi connectivity index (χ1v) is 9.82. The molecule has 2 aliphatic rings. The largest absolute Gasteiger partial charge is 0.294 e. The van der Waals surface area contributed by atoms with Crippen molar-refractivity contribution in [3.63, 3.8) is 0 Å². The Morgan fingerprint density at radius 2 is 1.74 bits per heavy atom. The van der Waals surface area contributed by atoms with Gasteiger partial charge in [0.2, 0.25) is 5.91 Å². The summed E-state index contributed by atoms with van der Waals surface area (Å²) in [6.07, 6.45) is 2.26. The number of benzene rings is 2. The summed E-state index contributed by atoms with van der Waals surface area (Å²) in [6.45, 7) is 1.93. The number of rotatable bonds is 2. The molecule has 0 fully saturated rings. The van der Waals surface area contributed by atoms with Crippen molar-refractivity contribution in [2.75, 3.05) is 4.90 Å². The van der Waals surface area contributed by atoms with E-state index in [9.17, 15) is 9.59 Å². The number of Topliss-reactive ketones (excluding diaryl/α,β-unsaturated/α-hetero) is 1. The van der Waals surface area contributed by atoms with Crippen LogP contribution in [-0.2, 0) is 9.59 Å². The van der Waals surface area contributed by atoms with Gasteiger partial charge in [-0.3, -0.25) is 14.5 Å². The van der Waals surface area contributed by atoms with Gasteiger partial charge in [0.05, 0.1) is 5.69 Å². The molecule has 0 N–H and O–H groups in total. The Hall–Kier alpha value is -2.10. The number of hydrogen-bond acceptors (Lipinski definition) is 2. The van der Waals surface area contributed by atoms with Crippen LogP contribution in [0.15, 0.2) is 53.7 Å². The molecule has 27 heavy (non-hydrogen) atoms. The van der Waals surface area contributed by atoms with E-state index in [0.717, 1.165) is 34.5 Å². The zero-order valence-electron chi connectivity index (χ0n) is 15.0. The van der Waals surface area contributed by atoms with Crippen molar-refractivity contribution in [3.8, 4) is 0 Å². The van der Waals surface area contributed by atoms with Crippen LogP contribution >= 0.6 is 23.2 Å². The monoisotopic (exact) mass is 399 g/mol. The van der Waals surface area contributed by atoms with Crippen LogP contribution in [0.1, 0.15) is 42.7 Å². The number of amides is 1. The van der Waals surface area contributed by atoms with Crippen LogP contribution in [-0.4, -0.2) is 11.7 Å². The van der Waals surface area contributed by atoms with Crippen LogP contribution in [0.5, 0.6) is 0 Å². The van der Waals surface area contributed by atoms with E-state index in [0.29, 0.717) is 22.9 Å². The fourth-order valence-corrected chi connectivity index (χ4v) is 4.29. The molecule has 0 saturated carbocycles. The second kappa shape index (κ2) is 7.14. The summed E-state index contributed by atoms with van der Waals surface area (Å²) in [5.74, 6) is -0.0926. The van der Waals surface area contributed by atoms with Gasteiger partial charge in [0.15, 0.2) is 5.78 Å². The Labute approximate surface area is 168 Å². The van der Waals surface area contributed by atoms with Gasteiger partial charge in [-0.2, -0.15) is 0 Å². The molecular weight excluding hydrogens is 381 g/mol. The lowest BCUT2D eigenvalue weighted by Crippen LogP contribution is -2.40. The third-order valence-electron chi connectivity index (χ3n) is 5.36. The molecule has 0 bridgehead atoms. The fourth-order valence-electron chi connectivity index (χ4n) is 3.99. The molecule has 1 atom stereocenters. The molecule has 1 unspecified atom stereocenters. The molecular formula is C22H19Cl2NO2. The second-order valence-electron chi connectivity index (χ2n) is 7.11. The molecule has 0 aromatic heterocycles. The third-order valence-corrected chi connectivity index (χ3v) is 6.02. The average Bonchev–Trinajstić information content (AvgIpc) is 2.64. The van der Waals surface area contributed by atoms with Crippen LogP contribution in [0.25, 0.3) is 0 Å². The lowest BCUT2D eigenvalue weighted by Gasteiger charge is -2.38. The zero-order valence-corrected chi connectivity index (χ0v) is 16.5. The molecule has 138 valence electrons. The summed E-state index contributed by atoms with van der Waals surface area (Å²) in [5, 5.41) is 1.25. The Kier molecular flexibility index (Phi) is 4.83. The van der Waals surface area contributed by atoms with Crippen LogP contribution in [0, 0.1) is 6.92 Å². The van der Waals surface area contributed by atoms with Gasteiger partial charge in [-0.1, -0.05) is 41.4 Å². The first kappa shape index (κ1) is 18.3. The predicted molar refractivity (Wildman–Crippen MR) is 108 cm³/mol. The van der Waals surface area contributed by atoms with Crippen molar-refractivity contribution in [2.24, 2.45) is 0 Å². The Bertz CT molecular complexity index is 963. The predicted octanol–water partition coefficient (Wildman–Crippen LogP) is 5.83. The summed E-state index contributed by atoms with van der Waals surface area (Å²) in [4.78, 5) is 27.6. The molecule has 3 nitrogen and oxygen atoms in total. The van der Waals surface area contributed by atoms with Crippen molar-refractivity contribution in [1.82, 2.24) is 0 Å². The van der Waals surface area contributed by atoms with Crippen LogP contribution in [0.3, 0.4) is 0 Å². The van der Waals surface area contributed by atoms with Crippen LogP contribution in [0.2, 0.25) is 10.0 Å². The number of aryl methyl sites for hydroxylation is 1. The molecule has 2 aromatic rings. The normalized spacial score (nSPS) is 20.1. The lowest BCUT2D eigenvalue weighted by atomic mass is 9.77. The quantitative estimate of drug-likeness (QED) is 0.636. The third kappa shape index (κ3) is 3.30. The number of ketones is 1. The highest BCUT2D eigenvalue weighted by molar-refractivity contribution is 6.31. The SMILES string of the molecule is Cc1ccc(N2C(=O)CC(c3ccc(Cl)cc3)C3=C2CCCC3=O)cc1Cl. The van der Waals surface area contributed by atoms with E-state index >= 15 is 0 Å². The number of carbonyl (C=O) groups is 2. The minimum absolute atomic E-state index is 0.0108. The standard InChI is InChI=1S/C22H19Cl2NO2/c1-13-5-10-16(11-18(13)24)25-19-3-2-4-20(26)22(19)17(12-21(25)27)14-6-8-15(23)9-7-14/h5-11,17H,2-4,12H2,1H3. The molecule has 1 amide bonds. The van der Waals surface area contributed by atoms with Gasteiger partial charge in [-0.25, -0.2) is 0 Å². The van der Waals surface area contributed by atoms with Gasteiger partial charge in [0.1, 0.15) is 0 Å². The van der Waals surface area contributed by atoms with Crippen LogP contribution < -0.4 is 4.90 Å². The molecule has 0 spiro atoms. The molecule has 2 aromatic carbocycles. The zero-order chi connectivity index (χ0) is 19.1. The highest BCUT2D eigenvalue weighted by atomic mass is 35.5. The molecule has 1 heterocycles. The molecule has 5 heteroatoms. The Morgan fingerprint density at radius 1 is 1.00 bits per heavy atom. The summed E-state index contributed by atoms with van der Waals surface area (Å²) in [7, 11) is 0. The van der Waals surface area contributed by atoms with Gasteiger partial charge in [-0.05, 0) is 55.2 Å². The van der Waals surface area contributed by atoms with E-state index in [4.69, 9.17) is 23.2 Å². The number of carbonyl (C=O) groups excluding carboxylic acids is 2. The van der Waals surface area contributed by atoms with Crippen molar-refractivity contribution in [2.45, 2.75) is 38.5 Å². The summed E-state index contributed by atoms with van der Waals surface area (Å²) in [5.41, 5.74) is 4.23. The fraction of sp³-hybridized carbons (Fsp3) is 0.273. The van der Waals surface area contributed by atoms with Gasteiger partial charge in [-0.15, -0.1) is 0 Å². The topological polar surface area (TPSA) is 37.4 Å². The molecule has 0 radical (unpaired) electrons. The smallest absolute Gasteiger partial charge is 0.232 e. The van der Waals surface area contributed by atoms with Crippen LogP contribution in [0.4, 0.5) is 5.69 Å². The van der Waals surface area contributed by atoms with Gasteiger partial charge in [0.25, 0.3) is 0 Å². The summed E-state index contributed by atoms with van der Waals surface area (Å²) in [6, 6.07) is 13.0. The van der Waals surface area contributed by atoms with E-state index in [-0.39, 0.29) is 24.0 Å². The van der Waals surface area contributed by atoms with E-state index in [2.05, 4.69) is 0 Å². The summed E-state index contributed by atoms with van der Waals surface area (Å²) < 4.78 is 0. The lowest BCUT2D eigenvalue weighted by molar-refractivity contribution is -0.119. The summed E-state index contributed by atoms with van der Waals surface area (Å²) >= 11 is 12.3. The number of hydrogen-bond donors (Lipinski definition) is 0. The minimum Gasteiger partial charge on any atom is -0.294 e. The number of allylic oxidation sites excluding steroid dienone is 2. The number of nitrogens with zero attached hydrogens (tertiary/aromatic N) is 1. The Morgan fingerprint density at radius 3 is 2.44 bits per heavy atom. The minimum atomic E-state index is -0.213. The van der Waals surface area contributed by atoms with Crippen molar-refractivity contribution in [3.05, 3.63) is 74.9 Å². The van der Waals surface area contributed by atoms with E-state index in [1.807, 2.05) is 31.2 Å². The maximum Gasteiger partial charge on any atom is 0.232 e. The number of anilines is 1. The molecule has 1 aliphatic carbocycles. The van der Waals surface area contributed by atoms with E-state index in [1.54, 1.807) is 23.1 Å². The highest BCUT2D eigenvalue weighted by Gasteiger charge is 2.39.